The second-order valence-electron chi connectivity index (χ2n) is 2.55. The Morgan fingerprint density at radius 2 is 2.00 bits per heavy atom. The van der Waals surface area contributed by atoms with Gasteiger partial charge in [0.2, 0.25) is 5.91 Å². The van der Waals surface area contributed by atoms with Crippen molar-refractivity contribution in [3.8, 4) is 0 Å². The van der Waals surface area contributed by atoms with E-state index in [0.29, 0.717) is 6.42 Å². The van der Waals surface area contributed by atoms with Gasteiger partial charge in [0.05, 0.1) is 0 Å². The number of amides is 1. The monoisotopic (exact) mass is 217 g/mol. The van der Waals surface area contributed by atoms with Crippen LogP contribution in [0.1, 0.15) is 20.3 Å². The van der Waals surface area contributed by atoms with Crippen molar-refractivity contribution in [1.29, 1.82) is 0 Å². The van der Waals surface area contributed by atoms with Gasteiger partial charge in [0.1, 0.15) is 16.0 Å². The smallest absolute Gasteiger partial charge is 0.747 e. The number of carbonyl (C=O) groups excluding carboxylic acids is 1. The molecule has 0 aliphatic carbocycles. The molecule has 0 saturated heterocycles. The van der Waals surface area contributed by atoms with Crippen LogP contribution in [0.5, 0.6) is 0 Å². The van der Waals surface area contributed by atoms with Gasteiger partial charge < -0.3 is 9.87 Å². The summed E-state index contributed by atoms with van der Waals surface area (Å²) >= 11 is 0. The third kappa shape index (κ3) is 8.70. The molecule has 1 amide bonds. The van der Waals surface area contributed by atoms with E-state index < -0.39 is 21.9 Å². The second-order valence-corrected chi connectivity index (χ2v) is 3.96. The Balaban J connectivity index is 0. The Bertz CT molecular complexity index is 251. The molecular weight excluding hydrogens is 205 g/mol. The Labute approximate surface area is 100 Å². The van der Waals surface area contributed by atoms with Gasteiger partial charge in [-0.3, -0.25) is 4.79 Å². The number of hydrogen-bond donors (Lipinski definition) is 1. The minimum Gasteiger partial charge on any atom is -0.747 e. The first-order chi connectivity index (χ1) is 5.37. The number of rotatable bonds is 4. The van der Waals surface area contributed by atoms with E-state index in [4.69, 9.17) is 0 Å². The van der Waals surface area contributed by atoms with Crippen molar-refractivity contribution in [1.82, 2.24) is 5.32 Å². The summed E-state index contributed by atoms with van der Waals surface area (Å²) in [7, 11) is -4.34. The first-order valence-corrected chi connectivity index (χ1v) is 5.16. The molecule has 7 heteroatoms. The molecule has 0 aromatic carbocycles. The van der Waals surface area contributed by atoms with Crippen LogP contribution in [0.15, 0.2) is 0 Å². The molecule has 0 aromatic heterocycles. The van der Waals surface area contributed by atoms with Crippen LogP contribution >= 0.6 is 0 Å². The van der Waals surface area contributed by atoms with Crippen molar-refractivity contribution in [3.63, 3.8) is 0 Å². The van der Waals surface area contributed by atoms with Gasteiger partial charge in [-0.25, -0.2) is 8.42 Å². The van der Waals surface area contributed by atoms with E-state index >= 15 is 0 Å². The molecule has 0 bridgehead atoms. The molecule has 13 heavy (non-hydrogen) atoms. The van der Waals surface area contributed by atoms with E-state index in [0.717, 1.165) is 0 Å². The largest absolute Gasteiger partial charge is 1.00 e. The molecule has 0 rings (SSSR count). The fourth-order valence-electron chi connectivity index (χ4n) is 0.519. The molecule has 0 heterocycles. The number of carbonyl (C=O) groups is 1. The van der Waals surface area contributed by atoms with Crippen LogP contribution in [0.3, 0.4) is 0 Å². The average molecular weight is 217 g/mol. The molecule has 0 aliphatic heterocycles. The molecular formula is C6H12NNaO4S. The van der Waals surface area contributed by atoms with Crippen molar-refractivity contribution in [2.45, 2.75) is 20.3 Å². The Hall–Kier alpha value is 0.380. The summed E-state index contributed by atoms with van der Waals surface area (Å²) in [6.45, 7) is 3.46. The normalized spacial score (nSPS) is 12.8. The molecule has 0 aromatic rings. The second kappa shape index (κ2) is 6.78. The quantitative estimate of drug-likeness (QED) is 0.394. The summed E-state index contributed by atoms with van der Waals surface area (Å²) in [6.07, 6.45) is 0.616. The van der Waals surface area contributed by atoms with Crippen LogP contribution in [-0.4, -0.2) is 24.8 Å². The summed E-state index contributed by atoms with van der Waals surface area (Å²) in [4.78, 5) is 10.9. The van der Waals surface area contributed by atoms with Crippen molar-refractivity contribution in [2.75, 3.05) is 5.88 Å². The van der Waals surface area contributed by atoms with Gasteiger partial charge in [0, 0.05) is 5.92 Å². The molecule has 72 valence electrons. The van der Waals surface area contributed by atoms with Gasteiger partial charge in [0.25, 0.3) is 0 Å². The fourth-order valence-corrected chi connectivity index (χ4v) is 0.838. The Kier molecular flexibility index (Phi) is 8.26. The summed E-state index contributed by atoms with van der Waals surface area (Å²) in [5, 5.41) is 2.03. The molecule has 1 N–H and O–H groups in total. The zero-order valence-electron chi connectivity index (χ0n) is 8.03. The van der Waals surface area contributed by atoms with Crippen LogP contribution in [0.2, 0.25) is 0 Å². The molecule has 0 fully saturated rings. The summed E-state index contributed by atoms with van der Waals surface area (Å²) in [5.74, 6) is -1.49. The molecule has 0 aliphatic rings. The van der Waals surface area contributed by atoms with Gasteiger partial charge >= 0.3 is 29.6 Å². The maximum atomic E-state index is 10.9. The Morgan fingerprint density at radius 3 is 2.31 bits per heavy atom. The van der Waals surface area contributed by atoms with Crippen LogP contribution < -0.4 is 34.9 Å². The molecule has 0 radical (unpaired) electrons. The number of nitrogens with one attached hydrogen (secondary N) is 1. The van der Waals surface area contributed by atoms with Crippen molar-refractivity contribution >= 4 is 16.0 Å². The minimum absolute atomic E-state index is 0. The van der Waals surface area contributed by atoms with Crippen LogP contribution in [0.4, 0.5) is 0 Å². The predicted molar refractivity (Wildman–Crippen MR) is 42.2 cm³/mol. The predicted octanol–water partition coefficient (Wildman–Crippen LogP) is -3.34. The third-order valence-electron chi connectivity index (χ3n) is 1.48. The average Bonchev–Trinajstić information content (AvgIpc) is 1.97. The van der Waals surface area contributed by atoms with Gasteiger partial charge in [-0.05, 0) is 6.42 Å². The maximum absolute atomic E-state index is 10.9. The van der Waals surface area contributed by atoms with Gasteiger partial charge in [-0.1, -0.05) is 13.8 Å². The fraction of sp³-hybridized carbons (Fsp3) is 0.833. The van der Waals surface area contributed by atoms with E-state index in [-0.39, 0.29) is 35.5 Å². The molecule has 1 atom stereocenters. The van der Waals surface area contributed by atoms with E-state index in [1.807, 2.05) is 5.32 Å². The standard InChI is InChI=1S/C6H13NO4S.Na/c1-3-5(2)6(8)7-4-12(9,10)11;/h5H,3-4H2,1-2H3,(H,7,8)(H,9,10,11);/q;+1/p-1. The molecule has 1 unspecified atom stereocenters. The zero-order chi connectivity index (χ0) is 9.78. The minimum atomic E-state index is -4.34. The van der Waals surface area contributed by atoms with Crippen molar-refractivity contribution in [2.24, 2.45) is 5.92 Å². The first-order valence-electron chi connectivity index (χ1n) is 3.58. The van der Waals surface area contributed by atoms with Gasteiger partial charge in [-0.15, -0.1) is 0 Å². The van der Waals surface area contributed by atoms with E-state index in [1.54, 1.807) is 13.8 Å². The van der Waals surface area contributed by atoms with Crippen LogP contribution in [-0.2, 0) is 14.9 Å². The molecule has 5 nitrogen and oxygen atoms in total. The van der Waals surface area contributed by atoms with E-state index in [9.17, 15) is 17.8 Å². The summed E-state index contributed by atoms with van der Waals surface area (Å²) in [5.41, 5.74) is 0. The topological polar surface area (TPSA) is 86.3 Å². The molecule has 0 spiro atoms. The van der Waals surface area contributed by atoms with Crippen LogP contribution in [0, 0.1) is 5.92 Å². The summed E-state index contributed by atoms with van der Waals surface area (Å²) < 4.78 is 30.2. The van der Waals surface area contributed by atoms with Gasteiger partial charge in [0.15, 0.2) is 0 Å². The third-order valence-corrected chi connectivity index (χ3v) is 1.98. The Morgan fingerprint density at radius 1 is 1.54 bits per heavy atom. The SMILES string of the molecule is CCC(C)C(=O)NCS(=O)(=O)[O-].[Na+]. The van der Waals surface area contributed by atoms with Crippen molar-refractivity contribution < 1.29 is 47.3 Å². The van der Waals surface area contributed by atoms with E-state index in [1.165, 1.54) is 0 Å². The van der Waals surface area contributed by atoms with Crippen molar-refractivity contribution in [3.05, 3.63) is 0 Å². The first kappa shape index (κ1) is 15.8. The zero-order valence-corrected chi connectivity index (χ0v) is 10.8. The number of hydrogen-bond acceptors (Lipinski definition) is 4. The molecule has 0 saturated carbocycles. The van der Waals surface area contributed by atoms with Crippen LogP contribution in [0.25, 0.3) is 0 Å². The maximum Gasteiger partial charge on any atom is 1.00 e. The van der Waals surface area contributed by atoms with E-state index in [2.05, 4.69) is 0 Å². The van der Waals surface area contributed by atoms with Gasteiger partial charge in [-0.2, -0.15) is 0 Å². The summed E-state index contributed by atoms with van der Waals surface area (Å²) in [6, 6.07) is 0.